The summed E-state index contributed by atoms with van der Waals surface area (Å²) in [5.41, 5.74) is 4.45. The first-order chi connectivity index (χ1) is 30.9. The van der Waals surface area contributed by atoms with Gasteiger partial charge in [-0.1, -0.05) is 218 Å². The van der Waals surface area contributed by atoms with E-state index in [1.807, 2.05) is 0 Å². The van der Waals surface area contributed by atoms with E-state index in [-0.39, 0.29) is 37.1 Å². The zero-order valence-corrected chi connectivity index (χ0v) is 46.7. The molecule has 0 saturated carbocycles. The summed E-state index contributed by atoms with van der Waals surface area (Å²) in [6, 6.07) is 19.2. The molecule has 6 nitrogen and oxygen atoms in total. The van der Waals surface area contributed by atoms with Crippen molar-refractivity contribution in [1.82, 2.24) is 0 Å². The number of rotatable bonds is 34. The van der Waals surface area contributed by atoms with Crippen LogP contribution in [0.4, 0.5) is 0 Å². The summed E-state index contributed by atoms with van der Waals surface area (Å²) in [5, 5.41) is 3.96. The monoisotopic (exact) mass is 1130 g/mol. The third-order valence-electron chi connectivity index (χ3n) is 13.0. The van der Waals surface area contributed by atoms with Gasteiger partial charge in [-0.3, -0.25) is 0 Å². The minimum Gasteiger partial charge on any atom is -0.744 e. The number of unbranched alkanes of at least 4 members (excludes halogenated alkanes) is 24. The molecule has 0 aromatic heterocycles. The molecule has 0 fully saturated rings. The second kappa shape index (κ2) is 34.4. The Labute approximate surface area is 418 Å². The predicted octanol–water partition coefficient (Wildman–Crippen LogP) is 16.3. The smallest absolute Gasteiger partial charge is 0.744 e. The Morgan fingerprint density at radius 1 is 0.338 bits per heavy atom. The molecule has 65 heavy (non-hydrogen) atoms. The third-order valence-corrected chi connectivity index (χ3v) is 14.6. The van der Waals surface area contributed by atoms with Crippen LogP contribution in [0.1, 0.15) is 230 Å². The van der Waals surface area contributed by atoms with Gasteiger partial charge in [-0.15, -0.1) is 0 Å². The van der Waals surface area contributed by atoms with Crippen LogP contribution in [0.5, 0.6) is 0 Å². The van der Waals surface area contributed by atoms with Crippen LogP contribution in [0.25, 0.3) is 21.5 Å². The molecule has 4 aromatic rings. The first-order valence-electron chi connectivity index (χ1n) is 25.9. The average Bonchev–Trinajstić information content (AvgIpc) is 3.27. The number of aryl methyl sites for hydroxylation is 4. The van der Waals surface area contributed by atoms with Gasteiger partial charge in [-0.2, -0.15) is 0 Å². The molecule has 2 radical (unpaired) electrons. The number of benzene rings is 4. The molecular formula is C56H86O6PbS2. The summed E-state index contributed by atoms with van der Waals surface area (Å²) in [6.07, 6.45) is 38.6. The molecule has 0 bridgehead atoms. The first-order valence-corrected chi connectivity index (χ1v) is 28.8. The molecule has 0 aliphatic carbocycles. The van der Waals surface area contributed by atoms with Gasteiger partial charge in [-0.25, -0.2) is 16.8 Å². The summed E-state index contributed by atoms with van der Waals surface area (Å²) >= 11 is 0. The van der Waals surface area contributed by atoms with Gasteiger partial charge >= 0.3 is 27.3 Å². The molecule has 4 aromatic carbocycles. The van der Waals surface area contributed by atoms with Crippen molar-refractivity contribution in [3.05, 3.63) is 82.9 Å². The van der Waals surface area contributed by atoms with Gasteiger partial charge in [0.05, 0.1) is 9.79 Å². The summed E-state index contributed by atoms with van der Waals surface area (Å²) in [5.74, 6) is 0. The molecule has 0 N–H and O–H groups in total. The van der Waals surface area contributed by atoms with Gasteiger partial charge in [0.15, 0.2) is 0 Å². The van der Waals surface area contributed by atoms with Gasteiger partial charge in [0, 0.05) is 0 Å². The molecule has 0 unspecified atom stereocenters. The van der Waals surface area contributed by atoms with Gasteiger partial charge in [-0.05, 0) is 119 Å². The summed E-state index contributed by atoms with van der Waals surface area (Å²) < 4.78 is 70.5. The molecule has 0 spiro atoms. The molecule has 0 heterocycles. The zero-order valence-electron chi connectivity index (χ0n) is 41.2. The molecule has 0 aliphatic rings. The molecule has 9 heteroatoms. The summed E-state index contributed by atoms with van der Waals surface area (Å²) in [6.45, 7) is 8.93. The Kier molecular flexibility index (Phi) is 31.4. The van der Waals surface area contributed by atoms with E-state index in [2.05, 4.69) is 64.1 Å². The van der Waals surface area contributed by atoms with Crippen molar-refractivity contribution in [1.29, 1.82) is 0 Å². The van der Waals surface area contributed by atoms with E-state index in [0.717, 1.165) is 96.9 Å². The minimum absolute atomic E-state index is 0. The van der Waals surface area contributed by atoms with Crippen LogP contribution in [0.3, 0.4) is 0 Å². The van der Waals surface area contributed by atoms with Crippen LogP contribution in [-0.2, 0) is 45.9 Å². The Hall–Kier alpha value is -1.86. The van der Waals surface area contributed by atoms with Crippen LogP contribution >= 0.6 is 0 Å². The van der Waals surface area contributed by atoms with Crippen LogP contribution in [0.2, 0.25) is 0 Å². The Morgan fingerprint density at radius 3 is 0.877 bits per heavy atom. The maximum absolute atomic E-state index is 11.8. The molecule has 0 amide bonds. The van der Waals surface area contributed by atoms with Gasteiger partial charge < -0.3 is 9.11 Å². The van der Waals surface area contributed by atoms with Gasteiger partial charge in [0.2, 0.25) is 0 Å². The maximum Gasteiger partial charge on any atom is 2.00 e. The maximum atomic E-state index is 11.8. The number of hydrogen-bond acceptors (Lipinski definition) is 6. The van der Waals surface area contributed by atoms with E-state index in [0.29, 0.717) is 0 Å². The van der Waals surface area contributed by atoms with Crippen molar-refractivity contribution in [3.8, 4) is 0 Å². The average molecular weight is 1130 g/mol. The Balaban J connectivity index is 0.000000440. The molecule has 0 saturated heterocycles. The van der Waals surface area contributed by atoms with Crippen LogP contribution in [0, 0.1) is 0 Å². The first kappa shape index (κ1) is 59.3. The second-order valence-electron chi connectivity index (χ2n) is 18.7. The van der Waals surface area contributed by atoms with Crippen molar-refractivity contribution in [3.63, 3.8) is 0 Å². The largest absolute Gasteiger partial charge is 2.00 e. The standard InChI is InChI=1S/2C28H44O3S.Pb/c2*1-3-5-7-9-11-13-15-17-24-19-20-28-25(18-16-14-12-10-8-6-4-2)22-27(32(29,30)31)23-26(28)21-24;/h2*19-23H,3-18H2,1-2H3,(H,29,30,31);/q;;+2/p-2. The summed E-state index contributed by atoms with van der Waals surface area (Å²) in [7, 11) is -8.91. The van der Waals surface area contributed by atoms with E-state index < -0.39 is 20.2 Å². The van der Waals surface area contributed by atoms with Crippen LogP contribution in [0.15, 0.2) is 70.5 Å². The van der Waals surface area contributed by atoms with Crippen molar-refractivity contribution in [2.45, 2.75) is 243 Å². The van der Waals surface area contributed by atoms with E-state index in [1.54, 1.807) is 24.3 Å². The topological polar surface area (TPSA) is 114 Å². The normalized spacial score (nSPS) is 11.8. The SMILES string of the molecule is CCCCCCCCCc1ccc2c(CCCCCCCCC)cc(S(=O)(=O)[O-])cc2c1.CCCCCCCCCc1ccc2c(CCCCCCCCC)cc(S(=O)(=O)[O-])cc2c1.[Pb+2]. The van der Waals surface area contributed by atoms with E-state index in [9.17, 15) is 25.9 Å². The van der Waals surface area contributed by atoms with Crippen molar-refractivity contribution in [2.24, 2.45) is 0 Å². The Morgan fingerprint density at radius 2 is 0.600 bits per heavy atom. The quantitative estimate of drug-likeness (QED) is 0.0261. The van der Waals surface area contributed by atoms with E-state index >= 15 is 0 Å². The predicted molar refractivity (Wildman–Crippen MR) is 276 cm³/mol. The molecule has 0 atom stereocenters. The number of fused-ring (bicyclic) bond motifs is 2. The van der Waals surface area contributed by atoms with Crippen LogP contribution in [-0.4, -0.2) is 53.2 Å². The van der Waals surface area contributed by atoms with Crippen molar-refractivity contribution >= 4 is 69.1 Å². The zero-order chi connectivity index (χ0) is 46.5. The van der Waals surface area contributed by atoms with E-state index in [1.165, 1.54) is 152 Å². The third kappa shape index (κ3) is 24.3. The van der Waals surface area contributed by atoms with Gasteiger partial charge in [0.25, 0.3) is 0 Å². The fraction of sp³-hybridized carbons (Fsp3) is 0.643. The second-order valence-corrected chi connectivity index (χ2v) is 21.4. The van der Waals surface area contributed by atoms with E-state index in [4.69, 9.17) is 0 Å². The molecule has 4 rings (SSSR count). The van der Waals surface area contributed by atoms with Crippen LogP contribution < -0.4 is 0 Å². The molecule has 362 valence electrons. The Bertz CT molecular complexity index is 1960. The van der Waals surface area contributed by atoms with Crippen molar-refractivity contribution in [2.75, 3.05) is 0 Å². The fourth-order valence-corrected chi connectivity index (χ4v) is 10.2. The minimum atomic E-state index is -4.46. The number of hydrogen-bond donors (Lipinski definition) is 0. The van der Waals surface area contributed by atoms with Gasteiger partial charge in [0.1, 0.15) is 20.2 Å². The molecule has 0 aliphatic heterocycles. The summed E-state index contributed by atoms with van der Waals surface area (Å²) in [4.78, 5) is -0.174. The molecular weight excluding hydrogens is 1040 g/mol. The fourth-order valence-electron chi connectivity index (χ4n) is 9.07. The van der Waals surface area contributed by atoms with Crippen molar-refractivity contribution < 1.29 is 25.9 Å².